The van der Waals surface area contributed by atoms with Gasteiger partial charge in [-0.1, -0.05) is 31.6 Å². The molecule has 0 aromatic heterocycles. The maximum atomic E-state index is 11.5. The minimum atomic E-state index is -1.27. The minimum Gasteiger partial charge on any atom is -0.457 e. The second-order valence-electron chi connectivity index (χ2n) is 3.88. The van der Waals surface area contributed by atoms with E-state index in [1.54, 1.807) is 6.08 Å². The van der Waals surface area contributed by atoms with Gasteiger partial charge in [-0.25, -0.2) is 4.79 Å². The van der Waals surface area contributed by atoms with Crippen molar-refractivity contribution in [3.05, 3.63) is 36.0 Å². The van der Waals surface area contributed by atoms with Crippen LogP contribution >= 0.6 is 0 Å². The highest BCUT2D eigenvalue weighted by Gasteiger charge is 2.32. The third-order valence-corrected chi connectivity index (χ3v) is 2.56. The van der Waals surface area contributed by atoms with Crippen LogP contribution in [-0.2, 0) is 9.53 Å². The molecule has 0 saturated heterocycles. The molecular weight excluding hydrogens is 220 g/mol. The van der Waals surface area contributed by atoms with Crippen LogP contribution in [0.2, 0.25) is 0 Å². The molecular formula is C13H18O4. The molecule has 0 radical (unpaired) electrons. The Morgan fingerprint density at radius 2 is 2.24 bits per heavy atom. The number of carbonyl (C=O) groups is 1. The summed E-state index contributed by atoms with van der Waals surface area (Å²) in [5.41, 5.74) is 0.751. The van der Waals surface area contributed by atoms with E-state index in [0.717, 1.165) is 12.8 Å². The largest absolute Gasteiger partial charge is 0.457 e. The quantitative estimate of drug-likeness (QED) is 0.537. The first-order valence-electron chi connectivity index (χ1n) is 5.67. The van der Waals surface area contributed by atoms with Crippen molar-refractivity contribution in [1.29, 1.82) is 0 Å². The van der Waals surface area contributed by atoms with Crippen LogP contribution < -0.4 is 0 Å². The van der Waals surface area contributed by atoms with Gasteiger partial charge in [0.1, 0.15) is 18.8 Å². The molecule has 1 rings (SSSR count). The maximum Gasteiger partial charge on any atom is 0.337 e. The molecule has 0 spiro atoms. The lowest BCUT2D eigenvalue weighted by Crippen LogP contribution is -2.29. The highest BCUT2D eigenvalue weighted by atomic mass is 16.5. The molecule has 2 unspecified atom stereocenters. The fourth-order valence-electron chi connectivity index (χ4n) is 1.57. The smallest absolute Gasteiger partial charge is 0.337 e. The van der Waals surface area contributed by atoms with Gasteiger partial charge < -0.3 is 14.9 Å². The normalized spacial score (nSPS) is 19.6. The Kier molecular flexibility index (Phi) is 5.12. The van der Waals surface area contributed by atoms with Crippen molar-refractivity contribution in [2.45, 2.75) is 32.0 Å². The highest BCUT2D eigenvalue weighted by molar-refractivity contribution is 5.93. The number of hydrogen-bond donors (Lipinski definition) is 2. The first-order valence-corrected chi connectivity index (χ1v) is 5.67. The van der Waals surface area contributed by atoms with Gasteiger partial charge in [0, 0.05) is 5.57 Å². The highest BCUT2D eigenvalue weighted by Crippen LogP contribution is 2.22. The number of unbranched alkanes of at least 4 members (excludes halogenated alkanes) is 1. The number of esters is 1. The molecule has 1 heterocycles. The van der Waals surface area contributed by atoms with Gasteiger partial charge in [0.2, 0.25) is 0 Å². The van der Waals surface area contributed by atoms with E-state index in [1.165, 1.54) is 6.08 Å². The average Bonchev–Trinajstić information content (AvgIpc) is 2.69. The zero-order chi connectivity index (χ0) is 12.8. The van der Waals surface area contributed by atoms with Gasteiger partial charge in [-0.05, 0) is 6.42 Å². The number of aliphatic hydroxyl groups excluding tert-OH is 2. The van der Waals surface area contributed by atoms with Gasteiger partial charge >= 0.3 is 5.97 Å². The molecule has 0 aromatic rings. The SMILES string of the molecule is C=CC(O)C(O)C1=C(C=CCCC)COC1=O. The number of rotatable bonds is 6. The Balaban J connectivity index is 2.91. The van der Waals surface area contributed by atoms with Crippen LogP contribution in [0.4, 0.5) is 0 Å². The summed E-state index contributed by atoms with van der Waals surface area (Å²) < 4.78 is 4.85. The summed E-state index contributed by atoms with van der Waals surface area (Å²) in [7, 11) is 0. The van der Waals surface area contributed by atoms with Crippen molar-refractivity contribution in [2.24, 2.45) is 0 Å². The van der Waals surface area contributed by atoms with Gasteiger partial charge in [0.25, 0.3) is 0 Å². The van der Waals surface area contributed by atoms with Crippen LogP contribution in [0.5, 0.6) is 0 Å². The predicted octanol–water partition coefficient (Wildman–Crippen LogP) is 1.10. The fourth-order valence-corrected chi connectivity index (χ4v) is 1.57. The monoisotopic (exact) mass is 238 g/mol. The lowest BCUT2D eigenvalue weighted by atomic mass is 10.00. The van der Waals surface area contributed by atoms with Gasteiger partial charge in [0.05, 0.1) is 5.57 Å². The van der Waals surface area contributed by atoms with Gasteiger partial charge in [0.15, 0.2) is 0 Å². The standard InChI is InChI=1S/C13H18O4/c1-3-5-6-7-9-8-17-13(16)11(9)12(15)10(14)4-2/h4,6-7,10,12,14-15H,2-3,5,8H2,1H3. The third-order valence-electron chi connectivity index (χ3n) is 2.56. The Bertz CT molecular complexity index is 354. The average molecular weight is 238 g/mol. The maximum absolute atomic E-state index is 11.5. The zero-order valence-electron chi connectivity index (χ0n) is 9.93. The molecule has 0 fully saturated rings. The summed E-state index contributed by atoms with van der Waals surface area (Å²) in [6, 6.07) is 0. The Morgan fingerprint density at radius 1 is 1.53 bits per heavy atom. The summed E-state index contributed by atoms with van der Waals surface area (Å²) >= 11 is 0. The van der Waals surface area contributed by atoms with E-state index in [0.29, 0.717) is 5.57 Å². The number of cyclic esters (lactones) is 1. The molecule has 4 heteroatoms. The summed E-state index contributed by atoms with van der Waals surface area (Å²) in [5, 5.41) is 19.3. The van der Waals surface area contributed by atoms with Crippen molar-refractivity contribution in [3.8, 4) is 0 Å². The van der Waals surface area contributed by atoms with Crippen molar-refractivity contribution in [2.75, 3.05) is 6.61 Å². The number of allylic oxidation sites excluding steroid dienone is 1. The Labute approximate surface area is 101 Å². The van der Waals surface area contributed by atoms with Crippen LogP contribution in [0.25, 0.3) is 0 Å². The molecule has 1 aliphatic heterocycles. The molecule has 0 bridgehead atoms. The molecule has 2 atom stereocenters. The number of ether oxygens (including phenoxy) is 1. The van der Waals surface area contributed by atoms with Crippen LogP contribution in [0.3, 0.4) is 0 Å². The van der Waals surface area contributed by atoms with E-state index in [1.807, 2.05) is 13.0 Å². The molecule has 4 nitrogen and oxygen atoms in total. The van der Waals surface area contributed by atoms with E-state index in [2.05, 4.69) is 6.58 Å². The second kappa shape index (κ2) is 6.37. The van der Waals surface area contributed by atoms with Crippen molar-refractivity contribution in [3.63, 3.8) is 0 Å². The molecule has 0 aliphatic carbocycles. The number of carbonyl (C=O) groups excluding carboxylic acids is 1. The van der Waals surface area contributed by atoms with Crippen molar-refractivity contribution >= 4 is 5.97 Å². The lowest BCUT2D eigenvalue weighted by Gasteiger charge is -2.14. The van der Waals surface area contributed by atoms with Crippen molar-refractivity contribution in [1.82, 2.24) is 0 Å². The summed E-state index contributed by atoms with van der Waals surface area (Å²) in [5.74, 6) is -0.574. The predicted molar refractivity (Wildman–Crippen MR) is 64.2 cm³/mol. The molecule has 0 amide bonds. The summed E-state index contributed by atoms with van der Waals surface area (Å²) in [6.45, 7) is 5.57. The number of aliphatic hydroxyl groups is 2. The first-order chi connectivity index (χ1) is 8.11. The Morgan fingerprint density at radius 3 is 2.82 bits per heavy atom. The van der Waals surface area contributed by atoms with Gasteiger partial charge in [-0.15, -0.1) is 6.58 Å². The third kappa shape index (κ3) is 3.28. The molecule has 1 aliphatic rings. The number of hydrogen-bond acceptors (Lipinski definition) is 4. The topological polar surface area (TPSA) is 66.8 Å². The van der Waals surface area contributed by atoms with Crippen LogP contribution in [0, 0.1) is 0 Å². The Hall–Kier alpha value is -1.39. The van der Waals surface area contributed by atoms with Crippen LogP contribution in [0.15, 0.2) is 36.0 Å². The molecule has 0 saturated carbocycles. The summed E-state index contributed by atoms with van der Waals surface area (Å²) in [6.07, 6.45) is 4.34. The second-order valence-corrected chi connectivity index (χ2v) is 3.88. The van der Waals surface area contributed by atoms with Crippen LogP contribution in [-0.4, -0.2) is 35.0 Å². The van der Waals surface area contributed by atoms with E-state index < -0.39 is 18.2 Å². The van der Waals surface area contributed by atoms with Crippen LogP contribution in [0.1, 0.15) is 19.8 Å². The van der Waals surface area contributed by atoms with Gasteiger partial charge in [-0.2, -0.15) is 0 Å². The van der Waals surface area contributed by atoms with Gasteiger partial charge in [-0.3, -0.25) is 0 Å². The van der Waals surface area contributed by atoms with Crippen molar-refractivity contribution < 1.29 is 19.7 Å². The molecule has 17 heavy (non-hydrogen) atoms. The van der Waals surface area contributed by atoms with E-state index >= 15 is 0 Å². The van der Waals surface area contributed by atoms with E-state index in [-0.39, 0.29) is 12.2 Å². The zero-order valence-corrected chi connectivity index (χ0v) is 9.93. The van der Waals surface area contributed by atoms with E-state index in [9.17, 15) is 15.0 Å². The molecule has 0 aromatic carbocycles. The molecule has 94 valence electrons. The fraction of sp³-hybridized carbons (Fsp3) is 0.462. The minimum absolute atomic E-state index is 0.129. The molecule has 2 N–H and O–H groups in total. The first kappa shape index (κ1) is 13.7. The summed E-state index contributed by atoms with van der Waals surface area (Å²) in [4.78, 5) is 11.5. The van der Waals surface area contributed by atoms with E-state index in [4.69, 9.17) is 4.74 Å². The lowest BCUT2D eigenvalue weighted by molar-refractivity contribution is -0.137.